The minimum Gasteiger partial charge on any atom is -0.482 e. The van der Waals surface area contributed by atoms with Gasteiger partial charge in [0, 0.05) is 39.7 Å². The number of fused-ring (bicyclic) bond motifs is 3. The summed E-state index contributed by atoms with van der Waals surface area (Å²) in [5, 5.41) is 5.11. The number of sulfonamides is 1. The highest BCUT2D eigenvalue weighted by atomic mass is 35.5. The number of nitrogens with zero attached hydrogens (tertiary/aromatic N) is 1. The largest absolute Gasteiger partial charge is 0.482 e. The van der Waals surface area contributed by atoms with Crippen LogP contribution in [0.15, 0.2) is 95.9 Å². The number of halogens is 1. The molecule has 4 aromatic carbocycles. The molecule has 0 bridgehead atoms. The number of para-hydroxylation sites is 2. The summed E-state index contributed by atoms with van der Waals surface area (Å²) in [6, 6.07) is 26.6. The van der Waals surface area contributed by atoms with Gasteiger partial charge in [-0.05, 0) is 61.5 Å². The number of ether oxygens (including phenoxy) is 1. The third-order valence-corrected chi connectivity index (χ3v) is 7.65. The van der Waals surface area contributed by atoms with Crippen LogP contribution in [0.1, 0.15) is 6.92 Å². The van der Waals surface area contributed by atoms with Crippen LogP contribution in [0.2, 0.25) is 5.02 Å². The number of hydrogen-bond donors (Lipinski definition) is 2. The first-order chi connectivity index (χ1) is 17.9. The first-order valence-corrected chi connectivity index (χ1v) is 13.5. The molecule has 7 nitrogen and oxygen atoms in total. The maximum Gasteiger partial charge on any atom is 0.262 e. The summed E-state index contributed by atoms with van der Waals surface area (Å²) in [5.74, 6) is -0.158. The average molecular weight is 534 g/mol. The summed E-state index contributed by atoms with van der Waals surface area (Å²) in [6.45, 7) is 2.65. The maximum atomic E-state index is 12.7. The molecule has 0 aliphatic carbocycles. The van der Waals surface area contributed by atoms with Crippen molar-refractivity contribution in [3.63, 3.8) is 0 Å². The Morgan fingerprint density at radius 3 is 2.35 bits per heavy atom. The maximum absolute atomic E-state index is 12.7. The number of rotatable bonds is 8. The molecule has 37 heavy (non-hydrogen) atoms. The normalized spacial score (nSPS) is 11.5. The van der Waals surface area contributed by atoms with E-state index in [0.29, 0.717) is 11.4 Å². The quantitative estimate of drug-likeness (QED) is 0.245. The van der Waals surface area contributed by atoms with Crippen LogP contribution < -0.4 is 14.8 Å². The van der Waals surface area contributed by atoms with Gasteiger partial charge in [-0.2, -0.15) is 0 Å². The van der Waals surface area contributed by atoms with Crippen molar-refractivity contribution in [1.82, 2.24) is 4.57 Å². The highest BCUT2D eigenvalue weighted by Gasteiger charge is 2.17. The zero-order valence-electron chi connectivity index (χ0n) is 19.9. The molecular weight excluding hydrogens is 510 g/mol. The van der Waals surface area contributed by atoms with Crippen molar-refractivity contribution in [3.8, 4) is 5.75 Å². The lowest BCUT2D eigenvalue weighted by atomic mass is 10.1. The van der Waals surface area contributed by atoms with E-state index in [9.17, 15) is 13.2 Å². The molecule has 0 saturated heterocycles. The van der Waals surface area contributed by atoms with Crippen LogP contribution >= 0.6 is 11.6 Å². The molecule has 1 aromatic heterocycles. The first kappa shape index (κ1) is 24.7. The van der Waals surface area contributed by atoms with Crippen LogP contribution in [0.4, 0.5) is 11.4 Å². The van der Waals surface area contributed by atoms with Gasteiger partial charge in [0.1, 0.15) is 5.75 Å². The number of aryl methyl sites for hydroxylation is 1. The topological polar surface area (TPSA) is 89.4 Å². The number of carbonyl (C=O) groups is 1. The molecule has 188 valence electrons. The van der Waals surface area contributed by atoms with Crippen LogP contribution in [-0.4, -0.2) is 25.5 Å². The third-order valence-electron chi connectivity index (χ3n) is 5.97. The first-order valence-electron chi connectivity index (χ1n) is 11.7. The molecular formula is C28H24ClN3O4S. The van der Waals surface area contributed by atoms with E-state index in [1.165, 1.54) is 18.2 Å². The molecule has 1 amide bonds. The molecule has 2 N–H and O–H groups in total. The van der Waals surface area contributed by atoms with Gasteiger partial charge < -0.3 is 14.6 Å². The van der Waals surface area contributed by atoms with Crippen LogP contribution in [0.5, 0.6) is 5.75 Å². The fourth-order valence-corrected chi connectivity index (χ4v) is 5.68. The van der Waals surface area contributed by atoms with Crippen molar-refractivity contribution >= 4 is 60.7 Å². The standard InChI is InChI=1S/C28H24ClN3O4S/c1-2-32-25-11-7-6-10-22(25)23-16-20(12-14-26(23)32)30-28(33)18-36-27-15-13-21(17-24(27)29)37(34,35)31-19-8-4-3-5-9-19/h3-17,31H,2,18H2,1H3,(H,30,33). The van der Waals surface area contributed by atoms with E-state index < -0.39 is 10.0 Å². The third kappa shape index (κ3) is 5.12. The second-order valence-corrected chi connectivity index (χ2v) is 10.5. The number of carbonyl (C=O) groups excluding carboxylic acids is 1. The second-order valence-electron chi connectivity index (χ2n) is 8.39. The molecule has 9 heteroatoms. The number of anilines is 2. The Kier molecular flexibility index (Phi) is 6.78. The van der Waals surface area contributed by atoms with E-state index in [4.69, 9.17) is 16.3 Å². The highest BCUT2D eigenvalue weighted by Crippen LogP contribution is 2.31. The SMILES string of the molecule is CCn1c2ccccc2c2cc(NC(=O)COc3ccc(S(=O)(=O)Nc4ccccc4)cc3Cl)ccc21. The summed E-state index contributed by atoms with van der Waals surface area (Å²) >= 11 is 6.27. The smallest absolute Gasteiger partial charge is 0.262 e. The molecule has 0 radical (unpaired) electrons. The molecule has 5 aromatic rings. The lowest BCUT2D eigenvalue weighted by molar-refractivity contribution is -0.118. The lowest BCUT2D eigenvalue weighted by Crippen LogP contribution is -2.20. The van der Waals surface area contributed by atoms with Crippen molar-refractivity contribution in [2.75, 3.05) is 16.6 Å². The number of nitrogens with one attached hydrogen (secondary N) is 2. The lowest BCUT2D eigenvalue weighted by Gasteiger charge is -2.12. The molecule has 5 rings (SSSR count). The van der Waals surface area contributed by atoms with Crippen LogP contribution in [0.25, 0.3) is 21.8 Å². The molecule has 1 heterocycles. The monoisotopic (exact) mass is 533 g/mol. The Balaban J connectivity index is 1.27. The van der Waals surface area contributed by atoms with Gasteiger partial charge in [-0.3, -0.25) is 9.52 Å². The Bertz CT molecular complexity index is 1720. The van der Waals surface area contributed by atoms with Gasteiger partial charge in [0.25, 0.3) is 15.9 Å². The Labute approximate surface area is 219 Å². The molecule has 0 spiro atoms. The average Bonchev–Trinajstić information content (AvgIpc) is 3.21. The van der Waals surface area contributed by atoms with E-state index in [1.807, 2.05) is 30.3 Å². The number of amides is 1. The van der Waals surface area contributed by atoms with Gasteiger partial charge in [-0.1, -0.05) is 48.0 Å². The molecule has 0 aliphatic heterocycles. The zero-order valence-corrected chi connectivity index (χ0v) is 21.5. The Morgan fingerprint density at radius 1 is 0.865 bits per heavy atom. The summed E-state index contributed by atoms with van der Waals surface area (Å²) in [7, 11) is -3.83. The number of benzene rings is 4. The fraction of sp³-hybridized carbons (Fsp3) is 0.107. The minimum atomic E-state index is -3.83. The highest BCUT2D eigenvalue weighted by molar-refractivity contribution is 7.92. The zero-order chi connectivity index (χ0) is 26.0. The van der Waals surface area contributed by atoms with Gasteiger partial charge in [-0.15, -0.1) is 0 Å². The van der Waals surface area contributed by atoms with Crippen molar-refractivity contribution in [3.05, 3.63) is 96.0 Å². The van der Waals surface area contributed by atoms with Gasteiger partial charge in [-0.25, -0.2) is 8.42 Å². The molecule has 0 saturated carbocycles. The summed E-state index contributed by atoms with van der Waals surface area (Å²) in [5.41, 5.74) is 3.33. The molecule has 0 unspecified atom stereocenters. The number of aromatic nitrogens is 1. The summed E-state index contributed by atoms with van der Waals surface area (Å²) in [4.78, 5) is 12.6. The van der Waals surface area contributed by atoms with E-state index in [1.54, 1.807) is 30.3 Å². The summed E-state index contributed by atoms with van der Waals surface area (Å²) in [6.07, 6.45) is 0. The van der Waals surface area contributed by atoms with Gasteiger partial charge >= 0.3 is 0 Å². The molecule has 0 atom stereocenters. The van der Waals surface area contributed by atoms with E-state index in [0.717, 1.165) is 28.4 Å². The van der Waals surface area contributed by atoms with Crippen molar-refractivity contribution in [2.45, 2.75) is 18.4 Å². The van der Waals surface area contributed by atoms with Crippen molar-refractivity contribution in [1.29, 1.82) is 0 Å². The minimum absolute atomic E-state index is 0.0160. The summed E-state index contributed by atoms with van der Waals surface area (Å²) < 4.78 is 35.6. The van der Waals surface area contributed by atoms with Crippen LogP contribution in [-0.2, 0) is 21.4 Å². The Hall–Kier alpha value is -4.01. The molecule has 0 aliphatic rings. The van der Waals surface area contributed by atoms with E-state index in [-0.39, 0.29) is 28.2 Å². The van der Waals surface area contributed by atoms with Crippen molar-refractivity contribution in [2.24, 2.45) is 0 Å². The predicted molar refractivity (Wildman–Crippen MR) is 148 cm³/mol. The van der Waals surface area contributed by atoms with Gasteiger partial charge in [0.15, 0.2) is 6.61 Å². The van der Waals surface area contributed by atoms with Gasteiger partial charge in [0.2, 0.25) is 0 Å². The van der Waals surface area contributed by atoms with E-state index >= 15 is 0 Å². The van der Waals surface area contributed by atoms with Crippen molar-refractivity contribution < 1.29 is 17.9 Å². The van der Waals surface area contributed by atoms with Crippen LogP contribution in [0.3, 0.4) is 0 Å². The second kappa shape index (κ2) is 10.2. The Morgan fingerprint density at radius 2 is 1.59 bits per heavy atom. The van der Waals surface area contributed by atoms with E-state index in [2.05, 4.69) is 33.7 Å². The molecule has 0 fully saturated rings. The van der Waals surface area contributed by atoms with Gasteiger partial charge in [0.05, 0.1) is 9.92 Å². The fourth-order valence-electron chi connectivity index (χ4n) is 4.30. The number of hydrogen-bond acceptors (Lipinski definition) is 4. The van der Waals surface area contributed by atoms with Crippen LogP contribution in [0, 0.1) is 0 Å². The predicted octanol–water partition coefficient (Wildman–Crippen LogP) is 6.29.